The number of thioether (sulfide) groups is 1. The molecule has 1 aromatic rings. The minimum Gasteiger partial charge on any atom is -0.388 e. The van der Waals surface area contributed by atoms with Crippen molar-refractivity contribution in [3.8, 4) is 0 Å². The monoisotopic (exact) mass is 249 g/mol. The van der Waals surface area contributed by atoms with Crippen LogP contribution < -0.4 is 5.32 Å². The van der Waals surface area contributed by atoms with Gasteiger partial charge in [-0.25, -0.2) is 0 Å². The maximum absolute atomic E-state index is 3.15. The minimum absolute atomic E-state index is 1.11. The highest BCUT2D eigenvalue weighted by Gasteiger charge is 2.19. The summed E-state index contributed by atoms with van der Waals surface area (Å²) in [5, 5.41) is 3.15. The van der Waals surface area contributed by atoms with E-state index in [0.29, 0.717) is 0 Å². The van der Waals surface area contributed by atoms with Crippen LogP contribution in [0.3, 0.4) is 0 Å². The molecule has 0 aromatic heterocycles. The zero-order valence-electron chi connectivity index (χ0n) is 10.7. The Kier molecular flexibility index (Phi) is 5.24. The third kappa shape index (κ3) is 5.03. The molecule has 0 bridgehead atoms. The van der Waals surface area contributed by atoms with Gasteiger partial charge in [0.15, 0.2) is 0 Å². The summed E-state index contributed by atoms with van der Waals surface area (Å²) in [4.78, 5) is 1.39. The van der Waals surface area contributed by atoms with Crippen molar-refractivity contribution in [1.29, 1.82) is 0 Å². The standard InChI is InChI=1S/C15H23NS/c1-16-14-8-10-15(11-9-14)17-12-4-2-3-5-13-6-7-13/h8-11,13,16H,2-7,12H2,1H3. The van der Waals surface area contributed by atoms with E-state index in [1.165, 1.54) is 54.9 Å². The fraction of sp³-hybridized carbons (Fsp3) is 0.600. The first kappa shape index (κ1) is 12.8. The van der Waals surface area contributed by atoms with Gasteiger partial charge in [-0.15, -0.1) is 11.8 Å². The van der Waals surface area contributed by atoms with Crippen LogP contribution in [0.4, 0.5) is 5.69 Å². The lowest BCUT2D eigenvalue weighted by Crippen LogP contribution is -1.87. The minimum atomic E-state index is 1.11. The number of nitrogens with one attached hydrogen (secondary N) is 1. The van der Waals surface area contributed by atoms with Gasteiger partial charge in [-0.1, -0.05) is 32.1 Å². The van der Waals surface area contributed by atoms with Gasteiger partial charge in [0, 0.05) is 17.6 Å². The van der Waals surface area contributed by atoms with Crippen molar-refractivity contribution in [2.24, 2.45) is 5.92 Å². The Morgan fingerprint density at radius 3 is 2.53 bits per heavy atom. The summed E-state index contributed by atoms with van der Waals surface area (Å²) >= 11 is 1.99. The van der Waals surface area contributed by atoms with Gasteiger partial charge in [-0.3, -0.25) is 0 Å². The highest BCUT2D eigenvalue weighted by molar-refractivity contribution is 7.99. The van der Waals surface area contributed by atoms with Crippen molar-refractivity contribution in [3.05, 3.63) is 24.3 Å². The van der Waals surface area contributed by atoms with E-state index in [9.17, 15) is 0 Å². The second kappa shape index (κ2) is 6.95. The third-order valence-corrected chi connectivity index (χ3v) is 4.46. The molecule has 0 saturated heterocycles. The average Bonchev–Trinajstić information content (AvgIpc) is 3.18. The molecule has 2 rings (SSSR count). The Hall–Kier alpha value is -0.630. The fourth-order valence-electron chi connectivity index (χ4n) is 2.03. The first-order valence-electron chi connectivity index (χ1n) is 6.79. The van der Waals surface area contributed by atoms with Crippen LogP contribution >= 0.6 is 11.8 Å². The summed E-state index contributed by atoms with van der Waals surface area (Å²) in [6, 6.07) is 8.71. The van der Waals surface area contributed by atoms with E-state index in [1.807, 2.05) is 18.8 Å². The van der Waals surface area contributed by atoms with E-state index >= 15 is 0 Å². The molecule has 0 aliphatic heterocycles. The molecule has 1 fully saturated rings. The third-order valence-electron chi connectivity index (χ3n) is 3.37. The van der Waals surface area contributed by atoms with Crippen LogP contribution in [0.5, 0.6) is 0 Å². The molecular formula is C15H23NS. The van der Waals surface area contributed by atoms with Gasteiger partial charge in [0.25, 0.3) is 0 Å². The summed E-state index contributed by atoms with van der Waals surface area (Å²) in [5.74, 6) is 2.38. The van der Waals surface area contributed by atoms with E-state index in [2.05, 4.69) is 29.6 Å². The van der Waals surface area contributed by atoms with Crippen LogP contribution in [0.2, 0.25) is 0 Å². The number of rotatable bonds is 8. The van der Waals surface area contributed by atoms with E-state index in [-0.39, 0.29) is 0 Å². The number of unbranched alkanes of at least 4 members (excludes halogenated alkanes) is 2. The van der Waals surface area contributed by atoms with Crippen LogP contribution in [0, 0.1) is 5.92 Å². The highest BCUT2D eigenvalue weighted by atomic mass is 32.2. The van der Waals surface area contributed by atoms with Crippen molar-refractivity contribution in [2.75, 3.05) is 18.1 Å². The van der Waals surface area contributed by atoms with Crippen molar-refractivity contribution >= 4 is 17.4 Å². The van der Waals surface area contributed by atoms with E-state index in [4.69, 9.17) is 0 Å². The first-order chi connectivity index (χ1) is 8.38. The molecule has 0 amide bonds. The van der Waals surface area contributed by atoms with Crippen LogP contribution in [0.15, 0.2) is 29.2 Å². The smallest absolute Gasteiger partial charge is 0.0338 e. The Bertz CT molecular complexity index is 316. The first-order valence-corrected chi connectivity index (χ1v) is 7.77. The molecule has 1 N–H and O–H groups in total. The molecule has 94 valence electrons. The summed E-state index contributed by atoms with van der Waals surface area (Å²) < 4.78 is 0. The molecule has 1 saturated carbocycles. The zero-order chi connectivity index (χ0) is 11.9. The molecule has 1 nitrogen and oxygen atoms in total. The Labute approximate surface area is 109 Å². The van der Waals surface area contributed by atoms with Crippen molar-refractivity contribution in [2.45, 2.75) is 43.4 Å². The number of hydrogen-bond acceptors (Lipinski definition) is 2. The molecular weight excluding hydrogens is 226 g/mol. The summed E-state index contributed by atoms with van der Waals surface area (Å²) in [6.45, 7) is 0. The molecule has 0 spiro atoms. The molecule has 0 unspecified atom stereocenters. The Morgan fingerprint density at radius 1 is 1.12 bits per heavy atom. The van der Waals surface area contributed by atoms with Crippen molar-refractivity contribution < 1.29 is 0 Å². The van der Waals surface area contributed by atoms with Crippen LogP contribution in [-0.4, -0.2) is 12.8 Å². The molecule has 17 heavy (non-hydrogen) atoms. The Morgan fingerprint density at radius 2 is 1.88 bits per heavy atom. The molecule has 0 radical (unpaired) electrons. The van der Waals surface area contributed by atoms with Gasteiger partial charge in [0.05, 0.1) is 0 Å². The summed E-state index contributed by atoms with van der Waals surface area (Å²) in [5.41, 5.74) is 1.19. The van der Waals surface area contributed by atoms with Crippen molar-refractivity contribution in [3.63, 3.8) is 0 Å². The number of anilines is 1. The van der Waals surface area contributed by atoms with E-state index in [0.717, 1.165) is 5.92 Å². The fourth-order valence-corrected chi connectivity index (χ4v) is 2.94. The molecule has 0 heterocycles. The van der Waals surface area contributed by atoms with Crippen LogP contribution in [-0.2, 0) is 0 Å². The number of hydrogen-bond donors (Lipinski definition) is 1. The van der Waals surface area contributed by atoms with Gasteiger partial charge < -0.3 is 5.32 Å². The predicted octanol–water partition coefficient (Wildman–Crippen LogP) is 4.79. The van der Waals surface area contributed by atoms with Gasteiger partial charge in [0.1, 0.15) is 0 Å². The topological polar surface area (TPSA) is 12.0 Å². The highest BCUT2D eigenvalue weighted by Crippen LogP contribution is 2.34. The maximum atomic E-state index is 3.15. The van der Waals surface area contributed by atoms with Gasteiger partial charge in [0.2, 0.25) is 0 Å². The molecule has 1 aliphatic rings. The van der Waals surface area contributed by atoms with Gasteiger partial charge in [-0.05, 0) is 42.4 Å². The number of benzene rings is 1. The second-order valence-corrected chi connectivity index (χ2v) is 6.08. The summed E-state index contributed by atoms with van der Waals surface area (Å²) in [7, 11) is 1.96. The zero-order valence-corrected chi connectivity index (χ0v) is 11.6. The summed E-state index contributed by atoms with van der Waals surface area (Å²) in [6.07, 6.45) is 8.73. The van der Waals surface area contributed by atoms with Gasteiger partial charge in [-0.2, -0.15) is 0 Å². The molecule has 1 aliphatic carbocycles. The Balaban J connectivity index is 1.53. The van der Waals surface area contributed by atoms with Crippen molar-refractivity contribution in [1.82, 2.24) is 0 Å². The lowest BCUT2D eigenvalue weighted by atomic mass is 10.1. The van der Waals surface area contributed by atoms with Gasteiger partial charge >= 0.3 is 0 Å². The normalized spacial score (nSPS) is 14.9. The molecule has 1 aromatic carbocycles. The SMILES string of the molecule is CNc1ccc(SCCCCCC2CC2)cc1. The quantitative estimate of drug-likeness (QED) is 0.525. The lowest BCUT2D eigenvalue weighted by Gasteiger charge is -2.04. The maximum Gasteiger partial charge on any atom is 0.0338 e. The van der Waals surface area contributed by atoms with Crippen LogP contribution in [0.25, 0.3) is 0 Å². The second-order valence-electron chi connectivity index (χ2n) is 4.92. The molecule has 0 atom stereocenters. The largest absolute Gasteiger partial charge is 0.388 e. The van der Waals surface area contributed by atoms with Crippen LogP contribution in [0.1, 0.15) is 38.5 Å². The van der Waals surface area contributed by atoms with E-state index in [1.54, 1.807) is 0 Å². The average molecular weight is 249 g/mol. The lowest BCUT2D eigenvalue weighted by molar-refractivity contribution is 0.623. The molecule has 2 heteroatoms. The predicted molar refractivity (Wildman–Crippen MR) is 77.9 cm³/mol. The van der Waals surface area contributed by atoms with E-state index < -0.39 is 0 Å².